The molecule has 136 valence electrons. The van der Waals surface area contributed by atoms with Crippen LogP contribution in [0.1, 0.15) is 45.2 Å². The number of imide groups is 2. The maximum atomic E-state index is 11.9. The molecule has 0 aliphatic carbocycles. The lowest BCUT2D eigenvalue weighted by Gasteiger charge is -2.43. The SMILES string of the molecule is CCCN1c2ccc(C=C3C(=O)NC(=O)NC3=O)cc2C(C)=CC1(C)C. The van der Waals surface area contributed by atoms with Crippen LogP contribution in [0.15, 0.2) is 29.8 Å². The fraction of sp³-hybridized carbons (Fsp3) is 0.350. The van der Waals surface area contributed by atoms with Gasteiger partial charge in [0, 0.05) is 17.8 Å². The van der Waals surface area contributed by atoms with E-state index >= 15 is 0 Å². The Hall–Kier alpha value is -2.89. The molecule has 0 radical (unpaired) electrons. The number of carbonyl (C=O) groups excluding carboxylic acids is 3. The maximum Gasteiger partial charge on any atom is 0.328 e. The second-order valence-electron chi connectivity index (χ2n) is 7.20. The molecular formula is C20H23N3O3. The molecule has 26 heavy (non-hydrogen) atoms. The predicted molar refractivity (Wildman–Crippen MR) is 101 cm³/mol. The van der Waals surface area contributed by atoms with E-state index in [0.29, 0.717) is 0 Å². The Morgan fingerprint density at radius 1 is 1.12 bits per heavy atom. The first kappa shape index (κ1) is 17.9. The van der Waals surface area contributed by atoms with Crippen LogP contribution in [-0.2, 0) is 9.59 Å². The zero-order valence-corrected chi connectivity index (χ0v) is 15.5. The number of carbonyl (C=O) groups is 3. The summed E-state index contributed by atoms with van der Waals surface area (Å²) in [6, 6.07) is 5.10. The smallest absolute Gasteiger partial charge is 0.328 e. The lowest BCUT2D eigenvalue weighted by Crippen LogP contribution is -2.51. The molecule has 1 aromatic carbocycles. The first-order chi connectivity index (χ1) is 12.2. The second kappa shape index (κ2) is 6.44. The summed E-state index contributed by atoms with van der Waals surface area (Å²) in [6.07, 6.45) is 4.78. The normalized spacial score (nSPS) is 18.8. The van der Waals surface area contributed by atoms with Crippen molar-refractivity contribution >= 4 is 35.2 Å². The van der Waals surface area contributed by atoms with Crippen molar-refractivity contribution in [3.8, 4) is 0 Å². The summed E-state index contributed by atoms with van der Waals surface area (Å²) in [4.78, 5) is 37.4. The van der Waals surface area contributed by atoms with E-state index in [1.54, 1.807) is 0 Å². The third-order valence-electron chi connectivity index (χ3n) is 4.70. The molecule has 3 rings (SSSR count). The Morgan fingerprint density at radius 3 is 2.38 bits per heavy atom. The van der Waals surface area contributed by atoms with Gasteiger partial charge in [-0.05, 0) is 56.5 Å². The molecule has 6 heteroatoms. The second-order valence-corrected chi connectivity index (χ2v) is 7.20. The first-order valence-corrected chi connectivity index (χ1v) is 8.73. The highest BCUT2D eigenvalue weighted by atomic mass is 16.2. The van der Waals surface area contributed by atoms with Crippen LogP contribution in [0.5, 0.6) is 0 Å². The molecule has 1 aromatic rings. The average Bonchev–Trinajstić information content (AvgIpc) is 2.54. The van der Waals surface area contributed by atoms with Gasteiger partial charge >= 0.3 is 6.03 Å². The standard InChI is InChI=1S/C20H23N3O3/c1-5-8-23-16-7-6-13(9-14(16)12(2)11-20(23,3)4)10-15-17(24)21-19(26)22-18(15)25/h6-7,9-11H,5,8H2,1-4H3,(H2,21,22,24,25,26). The van der Waals surface area contributed by atoms with Crippen molar-refractivity contribution in [1.82, 2.24) is 10.6 Å². The van der Waals surface area contributed by atoms with E-state index in [9.17, 15) is 14.4 Å². The highest BCUT2D eigenvalue weighted by Gasteiger charge is 2.31. The molecular weight excluding hydrogens is 330 g/mol. The molecule has 2 aliphatic heterocycles. The zero-order valence-electron chi connectivity index (χ0n) is 15.5. The number of hydrogen-bond donors (Lipinski definition) is 2. The maximum absolute atomic E-state index is 11.9. The number of barbiturate groups is 1. The summed E-state index contributed by atoms with van der Waals surface area (Å²) < 4.78 is 0. The summed E-state index contributed by atoms with van der Waals surface area (Å²) in [5.41, 5.74) is 3.98. The van der Waals surface area contributed by atoms with Gasteiger partial charge in [0.1, 0.15) is 5.57 Å². The molecule has 2 aliphatic rings. The van der Waals surface area contributed by atoms with Crippen LogP contribution in [0.25, 0.3) is 11.6 Å². The van der Waals surface area contributed by atoms with E-state index in [4.69, 9.17) is 0 Å². The summed E-state index contributed by atoms with van der Waals surface area (Å²) >= 11 is 0. The minimum Gasteiger partial charge on any atom is -0.362 e. The van der Waals surface area contributed by atoms with E-state index in [1.807, 2.05) is 18.2 Å². The van der Waals surface area contributed by atoms with Gasteiger partial charge in [-0.1, -0.05) is 19.1 Å². The molecule has 2 heterocycles. The van der Waals surface area contributed by atoms with E-state index in [2.05, 4.69) is 49.3 Å². The van der Waals surface area contributed by atoms with Gasteiger partial charge in [0.25, 0.3) is 11.8 Å². The van der Waals surface area contributed by atoms with E-state index in [0.717, 1.165) is 35.4 Å². The van der Waals surface area contributed by atoms with Crippen LogP contribution < -0.4 is 15.5 Å². The minimum absolute atomic E-state index is 0.0728. The number of urea groups is 1. The number of hydrogen-bond acceptors (Lipinski definition) is 4. The monoisotopic (exact) mass is 353 g/mol. The highest BCUT2D eigenvalue weighted by molar-refractivity contribution is 6.31. The average molecular weight is 353 g/mol. The summed E-state index contributed by atoms with van der Waals surface area (Å²) in [5, 5.41) is 4.18. The molecule has 0 atom stereocenters. The van der Waals surface area contributed by atoms with Crippen LogP contribution in [0.2, 0.25) is 0 Å². The fourth-order valence-electron chi connectivity index (χ4n) is 3.60. The van der Waals surface area contributed by atoms with Crippen LogP contribution in [0, 0.1) is 0 Å². The van der Waals surface area contributed by atoms with Gasteiger partial charge in [-0.25, -0.2) is 4.79 Å². The molecule has 1 saturated heterocycles. The van der Waals surface area contributed by atoms with Crippen molar-refractivity contribution in [2.45, 2.75) is 39.7 Å². The summed E-state index contributed by atoms with van der Waals surface area (Å²) in [7, 11) is 0. The summed E-state index contributed by atoms with van der Waals surface area (Å²) in [5.74, 6) is -1.37. The highest BCUT2D eigenvalue weighted by Crippen LogP contribution is 2.39. The van der Waals surface area contributed by atoms with Gasteiger partial charge < -0.3 is 4.90 Å². The number of fused-ring (bicyclic) bond motifs is 1. The molecule has 0 aromatic heterocycles. The number of nitrogens with one attached hydrogen (secondary N) is 2. The van der Waals surface area contributed by atoms with Gasteiger partial charge in [-0.3, -0.25) is 20.2 Å². The zero-order chi connectivity index (χ0) is 19.1. The van der Waals surface area contributed by atoms with Crippen LogP contribution >= 0.6 is 0 Å². The fourth-order valence-corrected chi connectivity index (χ4v) is 3.60. The molecule has 4 amide bonds. The van der Waals surface area contributed by atoms with Crippen LogP contribution in [0.3, 0.4) is 0 Å². The predicted octanol–water partition coefficient (Wildman–Crippen LogP) is 2.85. The first-order valence-electron chi connectivity index (χ1n) is 8.73. The van der Waals surface area contributed by atoms with Crippen molar-refractivity contribution in [2.75, 3.05) is 11.4 Å². The molecule has 6 nitrogen and oxygen atoms in total. The molecule has 0 saturated carbocycles. The number of rotatable bonds is 3. The number of anilines is 1. The van der Waals surface area contributed by atoms with Crippen molar-refractivity contribution in [2.24, 2.45) is 0 Å². The van der Waals surface area contributed by atoms with Gasteiger partial charge in [0.2, 0.25) is 0 Å². The lowest BCUT2D eigenvalue weighted by atomic mass is 9.87. The number of allylic oxidation sites excluding steroid dienone is 1. The molecule has 2 N–H and O–H groups in total. The Morgan fingerprint density at radius 2 is 1.77 bits per heavy atom. The number of benzene rings is 1. The Labute approximate surface area is 152 Å². The summed E-state index contributed by atoms with van der Waals surface area (Å²) in [6.45, 7) is 9.55. The number of nitrogens with zero attached hydrogens (tertiary/aromatic N) is 1. The number of amides is 4. The molecule has 0 bridgehead atoms. The quantitative estimate of drug-likeness (QED) is 0.647. The van der Waals surface area contributed by atoms with Crippen LogP contribution in [-0.4, -0.2) is 29.9 Å². The minimum atomic E-state index is -0.793. The third kappa shape index (κ3) is 3.14. The Kier molecular flexibility index (Phi) is 4.44. The van der Waals surface area contributed by atoms with E-state index in [1.165, 1.54) is 6.08 Å². The largest absolute Gasteiger partial charge is 0.362 e. The van der Waals surface area contributed by atoms with Gasteiger partial charge in [0.05, 0.1) is 5.54 Å². The Bertz CT molecular complexity index is 843. The van der Waals surface area contributed by atoms with E-state index < -0.39 is 17.8 Å². The van der Waals surface area contributed by atoms with Crippen molar-refractivity contribution in [3.05, 3.63) is 41.0 Å². The molecule has 1 fully saturated rings. The van der Waals surface area contributed by atoms with Gasteiger partial charge in [-0.15, -0.1) is 0 Å². The van der Waals surface area contributed by atoms with Crippen molar-refractivity contribution < 1.29 is 14.4 Å². The van der Waals surface area contributed by atoms with Crippen molar-refractivity contribution in [3.63, 3.8) is 0 Å². The van der Waals surface area contributed by atoms with E-state index in [-0.39, 0.29) is 11.1 Å². The van der Waals surface area contributed by atoms with Gasteiger partial charge in [-0.2, -0.15) is 0 Å². The molecule has 0 spiro atoms. The topological polar surface area (TPSA) is 78.5 Å². The Balaban J connectivity index is 2.03. The third-order valence-corrected chi connectivity index (χ3v) is 4.70. The van der Waals surface area contributed by atoms with Crippen molar-refractivity contribution in [1.29, 1.82) is 0 Å². The van der Waals surface area contributed by atoms with Gasteiger partial charge in [0.15, 0.2) is 0 Å². The molecule has 0 unspecified atom stereocenters. The van der Waals surface area contributed by atoms with Crippen LogP contribution in [0.4, 0.5) is 10.5 Å². The lowest BCUT2D eigenvalue weighted by molar-refractivity contribution is -0.123.